The molecule has 1 heterocycles. The van der Waals surface area contributed by atoms with Crippen LogP contribution in [0.5, 0.6) is 0 Å². The summed E-state index contributed by atoms with van der Waals surface area (Å²) in [5.74, 6) is 0. The molecular formula is C21H27Cl2NSiZr-6. The Bertz CT molecular complexity index is 657. The van der Waals surface area contributed by atoms with Crippen molar-refractivity contribution >= 4 is 53.4 Å². The normalized spacial score (nSPS) is 7.19. The van der Waals surface area contributed by atoms with E-state index in [9.17, 15) is 0 Å². The molecule has 144 valence electrons. The smallest absolute Gasteiger partial charge is 0.0745 e. The molecular weight excluding hydrogens is 456 g/mol. The largest absolute Gasteiger partial charge is 0.477 e. The van der Waals surface area contributed by atoms with Gasteiger partial charge in [0.05, 0.1) is 0 Å². The second-order valence-corrected chi connectivity index (χ2v) is 4.16. The van der Waals surface area contributed by atoms with E-state index in [1.54, 1.807) is 0 Å². The first-order valence-corrected chi connectivity index (χ1v) is 10.4. The van der Waals surface area contributed by atoms with Crippen LogP contribution in [0.4, 0.5) is 0 Å². The Morgan fingerprint density at radius 1 is 0.769 bits per heavy atom. The van der Waals surface area contributed by atoms with Gasteiger partial charge in [-0.3, -0.25) is 0 Å². The topological polar surface area (TPSA) is 15.8 Å². The van der Waals surface area contributed by atoms with Crippen molar-refractivity contribution in [3.63, 3.8) is 0 Å². The Labute approximate surface area is 189 Å². The van der Waals surface area contributed by atoms with Gasteiger partial charge >= 0.3 is 30.2 Å². The van der Waals surface area contributed by atoms with Crippen LogP contribution in [0.15, 0.2) is 72.8 Å². The third kappa shape index (κ3) is 10.4. The molecule has 0 aliphatic heterocycles. The number of hydrogen-bond donors (Lipinski definition) is 1. The van der Waals surface area contributed by atoms with Crippen LogP contribution < -0.4 is 0 Å². The van der Waals surface area contributed by atoms with Crippen LogP contribution in [0.3, 0.4) is 0 Å². The fourth-order valence-electron chi connectivity index (χ4n) is 2.00. The van der Waals surface area contributed by atoms with Gasteiger partial charge < -0.3 is 34.7 Å². The van der Waals surface area contributed by atoms with Gasteiger partial charge in [0.25, 0.3) is 0 Å². The van der Waals surface area contributed by atoms with Crippen molar-refractivity contribution in [1.82, 2.24) is 4.98 Å². The van der Waals surface area contributed by atoms with Crippen LogP contribution in [0.25, 0.3) is 21.7 Å². The van der Waals surface area contributed by atoms with Gasteiger partial charge in [0.15, 0.2) is 0 Å². The molecule has 5 heteroatoms. The standard InChI is InChI=1S/C9H7.C8H6N.4CH3.2ClH.Si.Zr/c1-2-5-9-7-3-6-8(9)4-1;1-2-4-8-7(3-1)5-6-9-8;;;;;;;;/h1-7H;1-5,9H;4*1H3;2*1H;;/q6*-1;;;;. The van der Waals surface area contributed by atoms with Crippen molar-refractivity contribution in [3.05, 3.63) is 109 Å². The minimum Gasteiger partial charge on any atom is -0.477 e. The van der Waals surface area contributed by atoms with Gasteiger partial charge in [0, 0.05) is 0 Å². The number of halogens is 2. The van der Waals surface area contributed by atoms with Crippen LogP contribution in [-0.4, -0.2) is 11.9 Å². The summed E-state index contributed by atoms with van der Waals surface area (Å²) in [5.41, 5.74) is 1.15. The summed E-state index contributed by atoms with van der Waals surface area (Å²) in [6, 6.07) is 24.7. The van der Waals surface area contributed by atoms with Crippen LogP contribution in [-0.2, 0) is 23.3 Å². The Morgan fingerprint density at radius 3 is 1.88 bits per heavy atom. The number of rotatable bonds is 0. The van der Waals surface area contributed by atoms with E-state index in [1.165, 1.54) is 39.5 Å². The molecule has 0 saturated carbocycles. The molecule has 0 atom stereocenters. The molecule has 26 heavy (non-hydrogen) atoms. The van der Waals surface area contributed by atoms with Crippen molar-refractivity contribution in [2.24, 2.45) is 0 Å². The first-order valence-electron chi connectivity index (χ1n) is 6.23. The van der Waals surface area contributed by atoms with Crippen molar-refractivity contribution in [1.29, 1.82) is 0 Å². The Morgan fingerprint density at radius 2 is 1.31 bits per heavy atom. The summed E-state index contributed by atoms with van der Waals surface area (Å²) in [7, 11) is 0. The molecule has 3 aromatic carbocycles. The Balaban J connectivity index is -0.0000000853. The average Bonchev–Trinajstić information content (AvgIpc) is 3.18. The molecule has 0 aliphatic rings. The zero-order valence-electron chi connectivity index (χ0n) is 15.7. The van der Waals surface area contributed by atoms with Gasteiger partial charge in [-0.15, -0.1) is 78.3 Å². The van der Waals surface area contributed by atoms with Crippen molar-refractivity contribution in [2.75, 3.05) is 0 Å². The van der Waals surface area contributed by atoms with E-state index in [-0.39, 0.29) is 54.5 Å². The molecule has 0 spiro atoms. The van der Waals surface area contributed by atoms with Gasteiger partial charge in [-0.05, 0) is 0 Å². The van der Waals surface area contributed by atoms with E-state index >= 15 is 0 Å². The van der Waals surface area contributed by atoms with Crippen LogP contribution >= 0.6 is 24.8 Å². The number of aromatic amines is 1. The molecule has 0 amide bonds. The molecule has 0 fully saturated rings. The summed E-state index contributed by atoms with van der Waals surface area (Å²) in [4.78, 5) is 2.99. The summed E-state index contributed by atoms with van der Waals surface area (Å²) in [6.45, 7) is 3.06. The molecule has 0 saturated heterocycles. The van der Waals surface area contributed by atoms with Crippen molar-refractivity contribution in [2.45, 2.75) is 0 Å². The maximum absolute atomic E-state index is 3.06. The van der Waals surface area contributed by atoms with Crippen LogP contribution in [0.1, 0.15) is 0 Å². The minimum atomic E-state index is 0. The van der Waals surface area contributed by atoms with Gasteiger partial charge in [-0.1, -0.05) is 18.2 Å². The number of aromatic nitrogens is 1. The molecule has 0 bridgehead atoms. The summed E-state index contributed by atoms with van der Waals surface area (Å²) in [5, 5.41) is 3.88. The fourth-order valence-corrected chi connectivity index (χ4v) is 2.00. The molecule has 4 rings (SSSR count). The van der Waals surface area contributed by atoms with E-state index in [2.05, 4.69) is 66.6 Å². The van der Waals surface area contributed by atoms with Gasteiger partial charge in [-0.2, -0.15) is 29.0 Å². The molecule has 1 N–H and O–H groups in total. The molecule has 0 unspecified atom stereocenters. The van der Waals surface area contributed by atoms with E-state index in [0.717, 1.165) is 5.52 Å². The molecule has 0 aliphatic carbocycles. The van der Waals surface area contributed by atoms with Gasteiger partial charge in [0.2, 0.25) is 0 Å². The Hall–Kier alpha value is -0.730. The minimum absolute atomic E-state index is 0. The number of nitrogens with one attached hydrogen (secondary N) is 1. The van der Waals surface area contributed by atoms with Gasteiger partial charge in [0.1, 0.15) is 0 Å². The van der Waals surface area contributed by atoms with Crippen molar-refractivity contribution < 1.29 is 23.3 Å². The summed E-state index contributed by atoms with van der Waals surface area (Å²) >= 11 is 1.36. The predicted octanol–water partition coefficient (Wildman–Crippen LogP) is 6.79. The number of fused-ring (bicyclic) bond motifs is 2. The molecule has 2 radical (unpaired) electrons. The SMILES string of the molecule is Cl.Cl.[CH3-].[CH3-].[CH3-].[CH3-].[Si]=[Zr].[c-]1cc2ccccc2[nH]1.c1ccc2[cH-]ccc2c1. The van der Waals surface area contributed by atoms with E-state index < -0.39 is 0 Å². The van der Waals surface area contributed by atoms with E-state index in [1.807, 2.05) is 24.3 Å². The van der Waals surface area contributed by atoms with E-state index in [4.69, 9.17) is 0 Å². The maximum atomic E-state index is 3.06. The molecule has 1 nitrogen and oxygen atoms in total. The molecule has 4 aromatic rings. The number of benzene rings is 2. The van der Waals surface area contributed by atoms with E-state index in [0.29, 0.717) is 0 Å². The second-order valence-electron chi connectivity index (χ2n) is 4.16. The number of hydrogen-bond acceptors (Lipinski definition) is 0. The monoisotopic (exact) mass is 481 g/mol. The van der Waals surface area contributed by atoms with Crippen LogP contribution in [0, 0.1) is 35.9 Å². The van der Waals surface area contributed by atoms with Gasteiger partial charge in [-0.25, -0.2) is 0 Å². The average molecular weight is 484 g/mol. The Kier molecular flexibility index (Phi) is 28.7. The number of para-hydroxylation sites is 1. The summed E-state index contributed by atoms with van der Waals surface area (Å²) in [6.07, 6.45) is 2.91. The predicted molar refractivity (Wildman–Crippen MR) is 123 cm³/mol. The zero-order chi connectivity index (χ0) is 14.2. The first-order chi connectivity index (χ1) is 9.93. The zero-order valence-corrected chi connectivity index (χ0v) is 20.8. The quantitative estimate of drug-likeness (QED) is 0.209. The maximum Gasteiger partial charge on any atom is -0.0745 e. The molecule has 1 aromatic heterocycles. The first kappa shape index (κ1) is 36.2. The van der Waals surface area contributed by atoms with Crippen molar-refractivity contribution in [3.8, 4) is 0 Å². The third-order valence-corrected chi connectivity index (χ3v) is 2.94. The van der Waals surface area contributed by atoms with Crippen LogP contribution in [0.2, 0.25) is 0 Å². The second kappa shape index (κ2) is 20.6. The summed E-state index contributed by atoms with van der Waals surface area (Å²) < 4.78 is 0. The fraction of sp³-hybridized carbons (Fsp3) is 0. The third-order valence-electron chi connectivity index (χ3n) is 2.94. The number of H-pyrrole nitrogens is 1.